The summed E-state index contributed by atoms with van der Waals surface area (Å²) >= 11 is 0. The smallest absolute Gasteiger partial charge is 0.164 e. The van der Waals surface area contributed by atoms with Crippen molar-refractivity contribution in [1.29, 1.82) is 0 Å². The van der Waals surface area contributed by atoms with Crippen molar-refractivity contribution < 1.29 is 33.5 Å². The molecule has 3 heterocycles. The van der Waals surface area contributed by atoms with Crippen LogP contribution in [0.5, 0.6) is 0 Å². The van der Waals surface area contributed by atoms with Gasteiger partial charge in [-0.05, 0) is 117 Å². The second-order valence-electron chi connectivity index (χ2n) is 14.9. The fourth-order valence-corrected chi connectivity index (χ4v) is 8.17. The van der Waals surface area contributed by atoms with Gasteiger partial charge in [0.05, 0.1) is 24.7 Å². The Labute approximate surface area is 387 Å². The molecule has 13 rings (SSSR count). The van der Waals surface area contributed by atoms with Gasteiger partial charge in [-0.3, -0.25) is 0 Å². The number of rotatable bonds is 6. The molecule has 63 heavy (non-hydrogen) atoms. The van der Waals surface area contributed by atoms with Crippen LogP contribution in [0.3, 0.4) is 0 Å². The first-order valence-electron chi connectivity index (χ1n) is 28.8. The largest absolute Gasteiger partial charge is 0.456 e. The van der Waals surface area contributed by atoms with E-state index >= 15 is 0 Å². The lowest BCUT2D eigenvalue weighted by atomic mass is 9.95. The van der Waals surface area contributed by atoms with Gasteiger partial charge in [0.25, 0.3) is 0 Å². The van der Waals surface area contributed by atoms with Crippen LogP contribution >= 0.6 is 0 Å². The molecule has 3 aromatic heterocycles. The molecule has 12 aromatic rings. The van der Waals surface area contributed by atoms with Crippen LogP contribution in [0.4, 0.5) is 0 Å². The van der Waals surface area contributed by atoms with Crippen LogP contribution in [0.25, 0.3) is 123 Å². The maximum atomic E-state index is 9.78. The van der Waals surface area contributed by atoms with Gasteiger partial charge < -0.3 is 8.83 Å². The first-order valence-corrected chi connectivity index (χ1v) is 19.8. The Morgan fingerprint density at radius 3 is 1.92 bits per heavy atom. The van der Waals surface area contributed by atoms with Gasteiger partial charge >= 0.3 is 0 Å². The number of aromatic nitrogens is 3. The summed E-state index contributed by atoms with van der Waals surface area (Å²) < 4.78 is 173. The highest BCUT2D eigenvalue weighted by atomic mass is 16.3. The maximum absolute atomic E-state index is 9.78. The number of fused-ring (bicyclic) bond motifs is 9. The minimum atomic E-state index is -0.712. The molecule has 0 radical (unpaired) electrons. The molecule has 294 valence electrons. The molecule has 0 unspecified atom stereocenters. The van der Waals surface area contributed by atoms with E-state index in [0.29, 0.717) is 38.6 Å². The van der Waals surface area contributed by atoms with Gasteiger partial charge in [0, 0.05) is 38.2 Å². The van der Waals surface area contributed by atoms with E-state index in [-0.39, 0.29) is 97.3 Å². The lowest BCUT2D eigenvalue weighted by molar-refractivity contribution is 0.668. The summed E-state index contributed by atoms with van der Waals surface area (Å²) in [6.45, 7) is 0. The summed E-state index contributed by atoms with van der Waals surface area (Å²) in [4.78, 5) is 14.6. The predicted molar refractivity (Wildman–Crippen MR) is 255 cm³/mol. The molecule has 0 bridgehead atoms. The summed E-state index contributed by atoms with van der Waals surface area (Å²) in [5, 5.41) is 0.681. The van der Waals surface area contributed by atoms with Crippen molar-refractivity contribution in [2.24, 2.45) is 0 Å². The second kappa shape index (κ2) is 14.1. The lowest BCUT2D eigenvalue weighted by Crippen LogP contribution is -2.00. The van der Waals surface area contributed by atoms with Crippen LogP contribution in [0.1, 0.15) is 35.8 Å². The normalized spacial score (nSPS) is 16.1. The molecule has 0 amide bonds. The Hall–Kier alpha value is -8.41. The van der Waals surface area contributed by atoms with Crippen molar-refractivity contribution in [3.63, 3.8) is 0 Å². The topological polar surface area (TPSA) is 65.0 Å². The van der Waals surface area contributed by atoms with Gasteiger partial charge in [-0.2, -0.15) is 0 Å². The van der Waals surface area contributed by atoms with Crippen molar-refractivity contribution in [2.45, 2.75) is 6.42 Å². The first kappa shape index (κ1) is 21.9. The SMILES string of the molecule is [2H]c1c([2H])c([2H])c(-c2ccc3c(c2)oc2ccc(-c4nc(-c5ccc(-c6ccccc6)cc5)nc(-c5c([2H])c([2H])c6c(oc7c([2H])c([2H])c([2H])c(-c8c([2H])c([2H])c9c(c8[2H])-c8c([2H])c([2H])c([2H])c([2H])c8C9)c76)c5[2H])n4)cc23)c([2H])c1[2H]. The molecule has 5 nitrogen and oxygen atoms in total. The molecule has 9 aromatic carbocycles. The van der Waals surface area contributed by atoms with Gasteiger partial charge in [0.1, 0.15) is 22.3 Å². The third-order valence-corrected chi connectivity index (χ3v) is 11.2. The zero-order chi connectivity index (χ0) is 57.1. The second-order valence-corrected chi connectivity index (χ2v) is 14.9. The quantitative estimate of drug-likeness (QED) is 0.167. The third-order valence-electron chi connectivity index (χ3n) is 11.2. The molecule has 5 heteroatoms. The summed E-state index contributed by atoms with van der Waals surface area (Å²) in [7, 11) is 0. The summed E-state index contributed by atoms with van der Waals surface area (Å²) in [6, 6.07) is 17.7. The Bertz CT molecular complexity index is 4800. The minimum Gasteiger partial charge on any atom is -0.456 e. The Morgan fingerprint density at radius 2 is 1.05 bits per heavy atom. The molecular weight excluding hydrogens is 771 g/mol. The van der Waals surface area contributed by atoms with Crippen molar-refractivity contribution in [2.75, 3.05) is 0 Å². The molecule has 1 aliphatic carbocycles. The van der Waals surface area contributed by atoms with E-state index in [9.17, 15) is 8.22 Å². The predicted octanol–water partition coefficient (Wildman–Crippen LogP) is 15.2. The van der Waals surface area contributed by atoms with E-state index < -0.39 is 102 Å². The van der Waals surface area contributed by atoms with Crippen molar-refractivity contribution in [1.82, 2.24) is 15.0 Å². The molecule has 0 spiro atoms. The number of hydrogen-bond acceptors (Lipinski definition) is 5. The van der Waals surface area contributed by atoms with Crippen LogP contribution in [0, 0.1) is 0 Å². The van der Waals surface area contributed by atoms with E-state index in [0.717, 1.165) is 11.1 Å². The van der Waals surface area contributed by atoms with Crippen LogP contribution in [0.15, 0.2) is 209 Å². The zero-order valence-corrected chi connectivity index (χ0v) is 32.5. The minimum absolute atomic E-state index is 0.00749. The average Bonchev–Trinajstić information content (AvgIpc) is 3.45. The highest BCUT2D eigenvalue weighted by Gasteiger charge is 2.21. The lowest BCUT2D eigenvalue weighted by Gasteiger charge is -2.10. The van der Waals surface area contributed by atoms with Crippen molar-refractivity contribution >= 4 is 43.9 Å². The maximum Gasteiger partial charge on any atom is 0.164 e. The van der Waals surface area contributed by atoms with E-state index in [1.807, 2.05) is 42.5 Å². The van der Waals surface area contributed by atoms with Crippen molar-refractivity contribution in [3.8, 4) is 78.7 Å². The first-order chi connectivity index (χ1) is 38.7. The Balaban J connectivity index is 1.02. The van der Waals surface area contributed by atoms with Crippen LogP contribution in [0.2, 0.25) is 0 Å². The van der Waals surface area contributed by atoms with Crippen LogP contribution in [-0.4, -0.2) is 15.0 Å². The molecule has 0 saturated carbocycles. The van der Waals surface area contributed by atoms with E-state index in [1.54, 1.807) is 48.5 Å². The van der Waals surface area contributed by atoms with Gasteiger partial charge in [-0.15, -0.1) is 0 Å². The number of furan rings is 2. The monoisotopic (exact) mass is 823 g/mol. The highest BCUT2D eigenvalue weighted by Crippen LogP contribution is 2.43. The van der Waals surface area contributed by atoms with E-state index in [4.69, 9.17) is 40.2 Å². The molecule has 1 aliphatic rings. The van der Waals surface area contributed by atoms with Gasteiger partial charge in [0.2, 0.25) is 0 Å². The molecular formula is C58H35N3O2. The fraction of sp³-hybridized carbons (Fsp3) is 0.0172. The van der Waals surface area contributed by atoms with E-state index in [1.165, 1.54) is 0 Å². The van der Waals surface area contributed by atoms with Gasteiger partial charge in [-0.1, -0.05) is 145 Å². The van der Waals surface area contributed by atoms with Crippen LogP contribution < -0.4 is 0 Å². The third kappa shape index (κ3) is 5.97. The number of hydrogen-bond donors (Lipinski definition) is 0. The Kier molecular flexibility index (Phi) is 4.90. The summed E-state index contributed by atoms with van der Waals surface area (Å²) in [6.07, 6.45) is -0.178. The van der Waals surface area contributed by atoms with Gasteiger partial charge in [0.15, 0.2) is 17.5 Å². The number of benzene rings is 9. The van der Waals surface area contributed by atoms with Crippen molar-refractivity contribution in [3.05, 3.63) is 211 Å². The molecule has 0 atom stereocenters. The van der Waals surface area contributed by atoms with E-state index in [2.05, 4.69) is 0 Å². The average molecular weight is 824 g/mol. The zero-order valence-electron chi connectivity index (χ0n) is 50.5. The Morgan fingerprint density at radius 1 is 0.365 bits per heavy atom. The highest BCUT2D eigenvalue weighted by molar-refractivity contribution is 6.13. The molecule has 0 fully saturated rings. The molecule has 0 N–H and O–H groups in total. The number of nitrogens with zero attached hydrogens (tertiary/aromatic N) is 3. The molecule has 0 aliphatic heterocycles. The van der Waals surface area contributed by atoms with Crippen LogP contribution in [-0.2, 0) is 6.42 Å². The summed E-state index contributed by atoms with van der Waals surface area (Å²) in [5.41, 5.74) is 2.14. The van der Waals surface area contributed by atoms with Gasteiger partial charge in [-0.25, -0.2) is 15.0 Å². The molecule has 0 saturated heterocycles. The summed E-state index contributed by atoms with van der Waals surface area (Å²) in [5.74, 6) is -0.0545. The fourth-order valence-electron chi connectivity index (χ4n) is 8.17. The standard InChI is InChI=1S/C58H35N3O2/c1-3-10-35(11-4-1)37-18-20-38(21-19-37)56-59-57(43-26-29-51-50(32-43)47-27-24-39(33-53(47)62-51)36-12-5-2-6-13-36)61-58(60-56)44-25-28-48-54(34-44)63-52-17-9-16-46(55(48)52)42-23-22-41-30-40-14-7-8-15-45(40)49(41)31-42/h1-29,31-34H,30H2/i2D,5D,6D,7D,8D,9D,12D,13D,14D,15D,16D,17D,22D,23D,25D,28D,31D,34D.